The molecule has 0 saturated heterocycles. The molecule has 0 aliphatic rings. The summed E-state index contributed by atoms with van der Waals surface area (Å²) in [5, 5.41) is 16.4. The Balaban J connectivity index is 2.52. The Kier molecular flexibility index (Phi) is 8.58. The average Bonchev–Trinajstić information content (AvgIpc) is 3.11. The van der Waals surface area contributed by atoms with Crippen LogP contribution in [0.3, 0.4) is 0 Å². The van der Waals surface area contributed by atoms with Crippen LogP contribution >= 0.6 is 0 Å². The Hall–Kier alpha value is -2.95. The monoisotopic (exact) mass is 396 g/mol. The lowest BCUT2D eigenvalue weighted by Crippen LogP contribution is -2.56. The predicted molar refractivity (Wildman–Crippen MR) is 99.9 cm³/mol. The van der Waals surface area contributed by atoms with Crippen molar-refractivity contribution in [1.82, 2.24) is 25.9 Å². The molecule has 0 spiro atoms. The molecule has 1 heterocycles. The molecule has 1 aromatic heterocycles. The maximum atomic E-state index is 12.2. The fourth-order valence-electron chi connectivity index (χ4n) is 2.31. The minimum atomic E-state index is -1.16. The molecule has 11 nitrogen and oxygen atoms in total. The number of aromatic amines is 1. The normalized spacial score (nSPS) is 15.2. The van der Waals surface area contributed by atoms with Gasteiger partial charge in [-0.1, -0.05) is 13.8 Å². The molecule has 0 radical (unpaired) electrons. The molecule has 4 atom stereocenters. The van der Waals surface area contributed by atoms with Crippen LogP contribution in [0.1, 0.15) is 33.4 Å². The molecule has 11 heteroatoms. The van der Waals surface area contributed by atoms with Gasteiger partial charge in [0.2, 0.25) is 17.7 Å². The third kappa shape index (κ3) is 6.99. The van der Waals surface area contributed by atoms with Crippen molar-refractivity contribution in [3.63, 3.8) is 0 Å². The van der Waals surface area contributed by atoms with Gasteiger partial charge in [0.25, 0.3) is 0 Å². The number of carbonyl (C=O) groups excluding carboxylic acids is 3. The van der Waals surface area contributed by atoms with Gasteiger partial charge >= 0.3 is 5.97 Å². The summed E-state index contributed by atoms with van der Waals surface area (Å²) in [5.41, 5.74) is 6.49. The summed E-state index contributed by atoms with van der Waals surface area (Å²) >= 11 is 0. The van der Waals surface area contributed by atoms with Gasteiger partial charge in [0.1, 0.15) is 18.1 Å². The molecule has 28 heavy (non-hydrogen) atoms. The third-order valence-corrected chi connectivity index (χ3v) is 4.07. The number of nitrogens with one attached hydrogen (secondary N) is 4. The van der Waals surface area contributed by atoms with Crippen molar-refractivity contribution in [3.05, 3.63) is 18.2 Å². The second-order valence-electron chi connectivity index (χ2n) is 6.92. The molecule has 0 aliphatic carbocycles. The van der Waals surface area contributed by atoms with Gasteiger partial charge in [0, 0.05) is 18.3 Å². The van der Waals surface area contributed by atoms with E-state index in [4.69, 9.17) is 10.8 Å². The zero-order chi connectivity index (χ0) is 21.4. The number of carbonyl (C=O) groups is 4. The summed E-state index contributed by atoms with van der Waals surface area (Å²) in [4.78, 5) is 54.3. The molecule has 4 unspecified atom stereocenters. The number of H-pyrrole nitrogens is 1. The van der Waals surface area contributed by atoms with E-state index in [1.807, 2.05) is 0 Å². The van der Waals surface area contributed by atoms with Crippen molar-refractivity contribution in [2.45, 2.75) is 58.3 Å². The molecule has 0 aromatic carbocycles. The number of aliphatic carboxylic acids is 1. The zero-order valence-corrected chi connectivity index (χ0v) is 16.4. The number of hydrogen-bond acceptors (Lipinski definition) is 6. The number of hydrogen-bond donors (Lipinski definition) is 6. The minimum absolute atomic E-state index is 0.227. The highest BCUT2D eigenvalue weighted by atomic mass is 16.4. The number of carboxylic acid groups (broad SMARTS) is 1. The summed E-state index contributed by atoms with van der Waals surface area (Å²) in [7, 11) is 0. The molecule has 156 valence electrons. The Morgan fingerprint density at radius 1 is 1.04 bits per heavy atom. The van der Waals surface area contributed by atoms with Crippen LogP contribution in [0.15, 0.2) is 12.5 Å². The zero-order valence-electron chi connectivity index (χ0n) is 16.4. The number of nitrogens with two attached hydrogens (primary N) is 1. The summed E-state index contributed by atoms with van der Waals surface area (Å²) in [6.07, 6.45) is 3.24. The second-order valence-corrected chi connectivity index (χ2v) is 6.92. The van der Waals surface area contributed by atoms with Gasteiger partial charge in [0.15, 0.2) is 0 Å². The highest BCUT2D eigenvalue weighted by Crippen LogP contribution is 2.02. The van der Waals surface area contributed by atoms with Gasteiger partial charge in [-0.3, -0.25) is 14.4 Å². The molecule has 1 aromatic rings. The van der Waals surface area contributed by atoms with E-state index in [0.717, 1.165) is 0 Å². The van der Waals surface area contributed by atoms with Crippen LogP contribution in [0.25, 0.3) is 0 Å². The van der Waals surface area contributed by atoms with E-state index in [-0.39, 0.29) is 12.3 Å². The average molecular weight is 396 g/mol. The van der Waals surface area contributed by atoms with Gasteiger partial charge in [-0.2, -0.15) is 0 Å². The molecular weight excluding hydrogens is 368 g/mol. The van der Waals surface area contributed by atoms with Crippen molar-refractivity contribution in [2.75, 3.05) is 0 Å². The van der Waals surface area contributed by atoms with Crippen LogP contribution in [-0.4, -0.2) is 62.9 Å². The van der Waals surface area contributed by atoms with Crippen LogP contribution in [-0.2, 0) is 25.6 Å². The summed E-state index contributed by atoms with van der Waals surface area (Å²) in [6, 6.07) is -3.86. The number of carboxylic acids is 1. The van der Waals surface area contributed by atoms with E-state index in [2.05, 4.69) is 25.9 Å². The minimum Gasteiger partial charge on any atom is -0.480 e. The van der Waals surface area contributed by atoms with E-state index in [1.165, 1.54) is 20.2 Å². The van der Waals surface area contributed by atoms with Crippen molar-refractivity contribution < 1.29 is 24.3 Å². The number of rotatable bonds is 10. The molecule has 0 fully saturated rings. The first-order valence-corrected chi connectivity index (χ1v) is 8.89. The molecule has 0 saturated carbocycles. The highest BCUT2D eigenvalue weighted by Gasteiger charge is 2.28. The van der Waals surface area contributed by atoms with Crippen LogP contribution in [0.4, 0.5) is 0 Å². The summed E-state index contributed by atoms with van der Waals surface area (Å²) in [6.45, 7) is 6.19. The SMILES string of the molecule is CC(NC(=O)C(N)Cc1cnc[nH]1)C(=O)NC(C)C(=O)NC(C(=O)O)C(C)C. The quantitative estimate of drug-likeness (QED) is 0.279. The van der Waals surface area contributed by atoms with Crippen LogP contribution in [0.5, 0.6) is 0 Å². The molecule has 0 aliphatic heterocycles. The lowest BCUT2D eigenvalue weighted by Gasteiger charge is -2.22. The lowest BCUT2D eigenvalue weighted by molar-refractivity contribution is -0.143. The molecular formula is C17H28N6O5. The first-order chi connectivity index (χ1) is 13.0. The summed E-state index contributed by atoms with van der Waals surface area (Å²) in [5.74, 6) is -3.24. The standard InChI is InChI=1S/C17H28N6O5/c1-8(2)13(17(27)28)23-15(25)10(4)21-14(24)9(3)22-16(26)12(18)5-11-6-19-7-20-11/h6-10,12-13H,5,18H2,1-4H3,(H,19,20)(H,21,24)(H,22,26)(H,23,25)(H,27,28). The number of imidazole rings is 1. The molecule has 3 amide bonds. The van der Waals surface area contributed by atoms with Gasteiger partial charge in [-0.15, -0.1) is 0 Å². The molecule has 1 rings (SSSR count). The Labute approximate surface area is 162 Å². The maximum Gasteiger partial charge on any atom is 0.326 e. The second kappa shape index (κ2) is 10.4. The van der Waals surface area contributed by atoms with E-state index >= 15 is 0 Å². The summed E-state index contributed by atoms with van der Waals surface area (Å²) < 4.78 is 0. The maximum absolute atomic E-state index is 12.2. The number of nitrogens with zero attached hydrogens (tertiary/aromatic N) is 1. The highest BCUT2D eigenvalue weighted by molar-refractivity contribution is 5.93. The smallest absolute Gasteiger partial charge is 0.326 e. The fourth-order valence-corrected chi connectivity index (χ4v) is 2.31. The van der Waals surface area contributed by atoms with E-state index in [1.54, 1.807) is 20.0 Å². The third-order valence-electron chi connectivity index (χ3n) is 4.07. The fraction of sp³-hybridized carbons (Fsp3) is 0.588. The van der Waals surface area contributed by atoms with Crippen molar-refractivity contribution in [1.29, 1.82) is 0 Å². The van der Waals surface area contributed by atoms with Crippen molar-refractivity contribution >= 4 is 23.7 Å². The lowest BCUT2D eigenvalue weighted by atomic mass is 10.0. The van der Waals surface area contributed by atoms with Crippen LogP contribution < -0.4 is 21.7 Å². The van der Waals surface area contributed by atoms with Gasteiger partial charge in [-0.05, 0) is 19.8 Å². The van der Waals surface area contributed by atoms with Crippen molar-refractivity contribution in [2.24, 2.45) is 11.7 Å². The first-order valence-electron chi connectivity index (χ1n) is 8.89. The number of amides is 3. The van der Waals surface area contributed by atoms with Gasteiger partial charge in [0.05, 0.1) is 12.4 Å². The van der Waals surface area contributed by atoms with Gasteiger partial charge in [-0.25, -0.2) is 9.78 Å². The molecule has 7 N–H and O–H groups in total. The Morgan fingerprint density at radius 3 is 2.04 bits per heavy atom. The van der Waals surface area contributed by atoms with Crippen LogP contribution in [0, 0.1) is 5.92 Å². The van der Waals surface area contributed by atoms with E-state index in [9.17, 15) is 19.2 Å². The van der Waals surface area contributed by atoms with Gasteiger partial charge < -0.3 is 31.8 Å². The number of aromatic nitrogens is 2. The van der Waals surface area contributed by atoms with E-state index in [0.29, 0.717) is 5.69 Å². The predicted octanol–water partition coefficient (Wildman–Crippen LogP) is -1.49. The van der Waals surface area contributed by atoms with Crippen LogP contribution in [0.2, 0.25) is 0 Å². The Morgan fingerprint density at radius 2 is 1.57 bits per heavy atom. The Bertz CT molecular complexity index is 690. The largest absolute Gasteiger partial charge is 0.480 e. The van der Waals surface area contributed by atoms with Crippen molar-refractivity contribution in [3.8, 4) is 0 Å². The first kappa shape index (κ1) is 23.1. The molecule has 0 bridgehead atoms. The van der Waals surface area contributed by atoms with E-state index < -0.39 is 47.9 Å². The topological polar surface area (TPSA) is 179 Å².